The molecule has 0 aliphatic rings. The van der Waals surface area contributed by atoms with Crippen LogP contribution in [0.3, 0.4) is 0 Å². The van der Waals surface area contributed by atoms with Crippen molar-refractivity contribution in [3.63, 3.8) is 0 Å². The highest BCUT2D eigenvalue weighted by atomic mass is 28.3. The summed E-state index contributed by atoms with van der Waals surface area (Å²) in [6, 6.07) is 1.53. The van der Waals surface area contributed by atoms with Gasteiger partial charge in [0.1, 0.15) is 0 Å². The SMILES string of the molecule is CCCCCCCCCCCCCCCCCCCCCCCCCCCCCC[Si](C)C. The Bertz CT molecular complexity index is 324. The van der Waals surface area contributed by atoms with E-state index in [-0.39, 0.29) is 8.80 Å². The van der Waals surface area contributed by atoms with Gasteiger partial charge in [0, 0.05) is 8.80 Å². The molecule has 0 spiro atoms. The molecule has 0 rings (SSSR count). The summed E-state index contributed by atoms with van der Waals surface area (Å²) in [6.07, 6.45) is 41.7. The molecule has 0 saturated heterocycles. The third kappa shape index (κ3) is 32.2. The molecular formula is C32H67Si. The van der Waals surface area contributed by atoms with Crippen molar-refractivity contribution in [3.8, 4) is 0 Å². The minimum absolute atomic E-state index is 0.0364. The molecule has 1 radical (unpaired) electrons. The number of hydrogen-bond donors (Lipinski definition) is 0. The Kier molecular flexibility index (Phi) is 30.4. The molecule has 0 saturated carbocycles. The largest absolute Gasteiger partial charge is 0.0713 e. The van der Waals surface area contributed by atoms with Gasteiger partial charge >= 0.3 is 0 Å². The van der Waals surface area contributed by atoms with Crippen LogP contribution in [-0.2, 0) is 0 Å². The Morgan fingerprint density at radius 2 is 0.455 bits per heavy atom. The Morgan fingerprint density at radius 1 is 0.273 bits per heavy atom. The predicted molar refractivity (Wildman–Crippen MR) is 157 cm³/mol. The van der Waals surface area contributed by atoms with Crippen molar-refractivity contribution in [2.75, 3.05) is 0 Å². The van der Waals surface area contributed by atoms with Crippen LogP contribution < -0.4 is 0 Å². The lowest BCUT2D eigenvalue weighted by molar-refractivity contribution is 0.514. The van der Waals surface area contributed by atoms with Crippen molar-refractivity contribution in [2.45, 2.75) is 206 Å². The first-order chi connectivity index (χ1) is 16.3. The maximum Gasteiger partial charge on any atom is 0.0412 e. The highest BCUT2D eigenvalue weighted by molar-refractivity contribution is 6.55. The minimum Gasteiger partial charge on any atom is -0.0713 e. The van der Waals surface area contributed by atoms with E-state index in [0.717, 1.165) is 0 Å². The van der Waals surface area contributed by atoms with Gasteiger partial charge in [-0.05, 0) is 0 Å². The second-order valence-corrected chi connectivity index (χ2v) is 14.4. The van der Waals surface area contributed by atoms with Crippen molar-refractivity contribution in [2.24, 2.45) is 0 Å². The summed E-state index contributed by atoms with van der Waals surface area (Å²) < 4.78 is 0. The van der Waals surface area contributed by atoms with E-state index in [1.165, 1.54) is 186 Å². The molecule has 0 nitrogen and oxygen atoms in total. The molecule has 0 aromatic heterocycles. The first-order valence-electron chi connectivity index (χ1n) is 16.1. The van der Waals surface area contributed by atoms with Gasteiger partial charge in [-0.3, -0.25) is 0 Å². The molecule has 0 atom stereocenters. The third-order valence-electron chi connectivity index (χ3n) is 7.53. The fourth-order valence-electron chi connectivity index (χ4n) is 5.15. The number of hydrogen-bond acceptors (Lipinski definition) is 0. The number of rotatable bonds is 29. The summed E-state index contributed by atoms with van der Waals surface area (Å²) >= 11 is 0. The molecule has 0 heterocycles. The van der Waals surface area contributed by atoms with Crippen LogP contribution >= 0.6 is 0 Å². The zero-order valence-electron chi connectivity index (χ0n) is 24.0. The molecule has 0 aromatic rings. The average molecular weight is 480 g/mol. The van der Waals surface area contributed by atoms with E-state index in [2.05, 4.69) is 20.0 Å². The molecule has 1 heteroatoms. The maximum atomic E-state index is 2.45. The van der Waals surface area contributed by atoms with Gasteiger partial charge in [-0.1, -0.05) is 206 Å². The Hall–Kier alpha value is 0.217. The van der Waals surface area contributed by atoms with Crippen LogP contribution in [0, 0.1) is 0 Å². The molecule has 0 fully saturated rings. The van der Waals surface area contributed by atoms with Crippen LogP contribution in [0.15, 0.2) is 0 Å². The van der Waals surface area contributed by atoms with Crippen LogP contribution in [0.5, 0.6) is 0 Å². The Balaban J connectivity index is 3.00. The summed E-state index contributed by atoms with van der Waals surface area (Å²) in [5.41, 5.74) is 0. The van der Waals surface area contributed by atoms with Gasteiger partial charge in [-0.15, -0.1) is 0 Å². The second kappa shape index (κ2) is 30.2. The van der Waals surface area contributed by atoms with Crippen LogP contribution in [0.1, 0.15) is 187 Å². The second-order valence-electron chi connectivity index (χ2n) is 11.5. The highest BCUT2D eigenvalue weighted by Gasteiger charge is 1.98. The molecule has 0 unspecified atom stereocenters. The monoisotopic (exact) mass is 480 g/mol. The van der Waals surface area contributed by atoms with E-state index in [9.17, 15) is 0 Å². The van der Waals surface area contributed by atoms with E-state index in [1.54, 1.807) is 0 Å². The Labute approximate surface area is 214 Å². The summed E-state index contributed by atoms with van der Waals surface area (Å²) in [7, 11) is 0.0364. The standard InChI is InChI=1S/C32H67Si/c1-4-5-6-7-8-9-10-11-12-13-14-15-16-17-18-19-20-21-22-23-24-25-26-27-28-29-30-31-32-33(2)3/h4-32H2,1-3H3. The zero-order valence-corrected chi connectivity index (χ0v) is 25.0. The van der Waals surface area contributed by atoms with Gasteiger partial charge in [-0.25, -0.2) is 0 Å². The normalized spacial score (nSPS) is 11.6. The Morgan fingerprint density at radius 3 is 0.636 bits per heavy atom. The lowest BCUT2D eigenvalue weighted by atomic mass is 10.0. The van der Waals surface area contributed by atoms with Crippen molar-refractivity contribution in [1.29, 1.82) is 0 Å². The maximum absolute atomic E-state index is 2.45. The van der Waals surface area contributed by atoms with E-state index >= 15 is 0 Å². The summed E-state index contributed by atoms with van der Waals surface area (Å²) in [6.45, 7) is 7.21. The molecule has 0 N–H and O–H groups in total. The topological polar surface area (TPSA) is 0 Å². The molecule has 0 aliphatic heterocycles. The molecule has 0 aliphatic carbocycles. The van der Waals surface area contributed by atoms with Crippen LogP contribution in [-0.4, -0.2) is 8.80 Å². The highest BCUT2D eigenvalue weighted by Crippen LogP contribution is 2.16. The van der Waals surface area contributed by atoms with Gasteiger partial charge in [0.25, 0.3) is 0 Å². The minimum atomic E-state index is 0.0364. The van der Waals surface area contributed by atoms with E-state index in [1.807, 2.05) is 0 Å². The van der Waals surface area contributed by atoms with Gasteiger partial charge in [0.2, 0.25) is 0 Å². The molecule has 0 aromatic carbocycles. The first-order valence-corrected chi connectivity index (χ1v) is 18.8. The van der Waals surface area contributed by atoms with Crippen LogP contribution in [0.2, 0.25) is 19.1 Å². The lowest BCUT2D eigenvalue weighted by Gasteiger charge is -2.05. The summed E-state index contributed by atoms with van der Waals surface area (Å²) in [4.78, 5) is 0. The fourth-order valence-corrected chi connectivity index (χ4v) is 6.11. The van der Waals surface area contributed by atoms with E-state index in [4.69, 9.17) is 0 Å². The van der Waals surface area contributed by atoms with Crippen molar-refractivity contribution in [3.05, 3.63) is 0 Å². The van der Waals surface area contributed by atoms with E-state index in [0.29, 0.717) is 0 Å². The van der Waals surface area contributed by atoms with Crippen LogP contribution in [0.25, 0.3) is 0 Å². The third-order valence-corrected chi connectivity index (χ3v) is 8.88. The summed E-state index contributed by atoms with van der Waals surface area (Å²) in [5.74, 6) is 0. The zero-order chi connectivity index (χ0) is 24.1. The van der Waals surface area contributed by atoms with Crippen molar-refractivity contribution >= 4 is 8.80 Å². The van der Waals surface area contributed by atoms with Gasteiger partial charge in [-0.2, -0.15) is 0 Å². The fraction of sp³-hybridized carbons (Fsp3) is 1.00. The molecule has 0 amide bonds. The first kappa shape index (κ1) is 33.2. The van der Waals surface area contributed by atoms with Crippen molar-refractivity contribution in [1.82, 2.24) is 0 Å². The number of unbranched alkanes of at least 4 members (excludes halogenated alkanes) is 27. The molecule has 33 heavy (non-hydrogen) atoms. The quantitative estimate of drug-likeness (QED) is 0.0738. The van der Waals surface area contributed by atoms with Gasteiger partial charge < -0.3 is 0 Å². The van der Waals surface area contributed by atoms with E-state index < -0.39 is 0 Å². The lowest BCUT2D eigenvalue weighted by Crippen LogP contribution is -1.97. The average Bonchev–Trinajstić information content (AvgIpc) is 2.80. The smallest absolute Gasteiger partial charge is 0.0412 e. The van der Waals surface area contributed by atoms with Gasteiger partial charge in [0.05, 0.1) is 0 Å². The molecule has 199 valence electrons. The summed E-state index contributed by atoms with van der Waals surface area (Å²) in [5, 5.41) is 0. The molecule has 0 bridgehead atoms. The predicted octanol–water partition coefficient (Wildman–Crippen LogP) is 12.7. The van der Waals surface area contributed by atoms with Gasteiger partial charge in [0.15, 0.2) is 0 Å². The molecular weight excluding hydrogens is 412 g/mol. The van der Waals surface area contributed by atoms with Crippen LogP contribution in [0.4, 0.5) is 0 Å². The van der Waals surface area contributed by atoms with Crippen molar-refractivity contribution < 1.29 is 0 Å².